The van der Waals surface area contributed by atoms with Gasteiger partial charge in [0.1, 0.15) is 5.69 Å². The molecule has 0 aliphatic heterocycles. The largest absolute Gasteiger partial charge is 0.433 e. The van der Waals surface area contributed by atoms with Crippen molar-refractivity contribution in [1.29, 1.82) is 0 Å². The Balaban J connectivity index is 2.19. The molecule has 0 aromatic carbocycles. The third-order valence-corrected chi connectivity index (χ3v) is 2.27. The van der Waals surface area contributed by atoms with Crippen LogP contribution in [-0.2, 0) is 0 Å². The van der Waals surface area contributed by atoms with Gasteiger partial charge in [-0.05, 0) is 31.2 Å². The summed E-state index contributed by atoms with van der Waals surface area (Å²) >= 11 is 0. The first-order valence-corrected chi connectivity index (χ1v) is 4.98. The standard InChI is InChI=1S/C12H9N3O/c1-8-4-2-5-9(14-8)12-15-11-10(16-12)6-3-7-13-11/h2-7H,1H3. The van der Waals surface area contributed by atoms with Gasteiger partial charge in [-0.3, -0.25) is 0 Å². The van der Waals surface area contributed by atoms with Gasteiger partial charge in [-0.25, -0.2) is 9.97 Å². The molecule has 0 unspecified atom stereocenters. The lowest BCUT2D eigenvalue weighted by Crippen LogP contribution is -1.85. The number of oxazole rings is 1. The van der Waals surface area contributed by atoms with Crippen molar-refractivity contribution in [2.24, 2.45) is 0 Å². The Morgan fingerprint density at radius 1 is 1.06 bits per heavy atom. The van der Waals surface area contributed by atoms with E-state index < -0.39 is 0 Å². The van der Waals surface area contributed by atoms with Crippen molar-refractivity contribution in [2.75, 3.05) is 0 Å². The molecule has 0 radical (unpaired) electrons. The molecule has 3 aromatic heterocycles. The molecular formula is C12H9N3O. The lowest BCUT2D eigenvalue weighted by atomic mass is 10.3. The van der Waals surface area contributed by atoms with Gasteiger partial charge in [0, 0.05) is 11.9 Å². The van der Waals surface area contributed by atoms with Gasteiger partial charge in [0.05, 0.1) is 0 Å². The quantitative estimate of drug-likeness (QED) is 0.620. The zero-order chi connectivity index (χ0) is 11.0. The molecule has 3 rings (SSSR count). The fourth-order valence-corrected chi connectivity index (χ4v) is 1.54. The SMILES string of the molecule is Cc1cccc(-c2nc3ncccc3o2)n1. The Hall–Kier alpha value is -2.23. The lowest BCUT2D eigenvalue weighted by Gasteiger charge is -1.94. The zero-order valence-electron chi connectivity index (χ0n) is 8.71. The van der Waals surface area contributed by atoms with E-state index >= 15 is 0 Å². The predicted molar refractivity (Wildman–Crippen MR) is 59.8 cm³/mol. The molecule has 0 spiro atoms. The molecular weight excluding hydrogens is 202 g/mol. The summed E-state index contributed by atoms with van der Waals surface area (Å²) in [6.07, 6.45) is 1.69. The summed E-state index contributed by atoms with van der Waals surface area (Å²) in [6, 6.07) is 9.40. The van der Waals surface area contributed by atoms with Crippen molar-refractivity contribution >= 4 is 11.2 Å². The first kappa shape index (κ1) is 9.03. The number of rotatable bonds is 1. The Bertz CT molecular complexity index is 612. The summed E-state index contributed by atoms with van der Waals surface area (Å²) < 4.78 is 5.57. The van der Waals surface area contributed by atoms with Crippen molar-refractivity contribution < 1.29 is 4.42 Å². The molecule has 0 amide bonds. The fraction of sp³-hybridized carbons (Fsp3) is 0.0833. The molecule has 4 heteroatoms. The smallest absolute Gasteiger partial charge is 0.247 e. The van der Waals surface area contributed by atoms with Gasteiger partial charge < -0.3 is 4.42 Å². The monoisotopic (exact) mass is 211 g/mol. The average molecular weight is 211 g/mol. The van der Waals surface area contributed by atoms with Crippen molar-refractivity contribution in [3.63, 3.8) is 0 Å². The molecule has 0 N–H and O–H groups in total. The fourth-order valence-electron chi connectivity index (χ4n) is 1.54. The number of aromatic nitrogens is 3. The van der Waals surface area contributed by atoms with Gasteiger partial charge in [0.15, 0.2) is 11.2 Å². The van der Waals surface area contributed by atoms with Crippen molar-refractivity contribution in [1.82, 2.24) is 15.0 Å². The minimum atomic E-state index is 0.511. The van der Waals surface area contributed by atoms with E-state index in [2.05, 4.69) is 15.0 Å². The first-order valence-electron chi connectivity index (χ1n) is 4.98. The van der Waals surface area contributed by atoms with Crippen LogP contribution in [0, 0.1) is 6.92 Å². The summed E-state index contributed by atoms with van der Waals surface area (Å²) in [6.45, 7) is 1.93. The third kappa shape index (κ3) is 1.44. The molecule has 0 saturated heterocycles. The molecule has 78 valence electrons. The van der Waals surface area contributed by atoms with E-state index in [4.69, 9.17) is 4.42 Å². The van der Waals surface area contributed by atoms with Crippen LogP contribution in [0.4, 0.5) is 0 Å². The maximum atomic E-state index is 5.57. The molecule has 4 nitrogen and oxygen atoms in total. The zero-order valence-corrected chi connectivity index (χ0v) is 8.71. The summed E-state index contributed by atoms with van der Waals surface area (Å²) in [4.78, 5) is 12.8. The average Bonchev–Trinajstić information content (AvgIpc) is 2.72. The van der Waals surface area contributed by atoms with Crippen molar-refractivity contribution in [2.45, 2.75) is 6.92 Å². The Morgan fingerprint density at radius 2 is 2.00 bits per heavy atom. The third-order valence-electron chi connectivity index (χ3n) is 2.27. The Kier molecular flexibility index (Phi) is 1.93. The second-order valence-electron chi connectivity index (χ2n) is 3.51. The van der Waals surface area contributed by atoms with Crippen molar-refractivity contribution in [3.8, 4) is 11.6 Å². The van der Waals surface area contributed by atoms with Crippen LogP contribution in [-0.4, -0.2) is 15.0 Å². The molecule has 0 saturated carbocycles. The Labute approximate surface area is 92.0 Å². The maximum Gasteiger partial charge on any atom is 0.247 e. The predicted octanol–water partition coefficient (Wildman–Crippen LogP) is 2.59. The van der Waals surface area contributed by atoms with Gasteiger partial charge in [-0.1, -0.05) is 6.07 Å². The summed E-state index contributed by atoms with van der Waals surface area (Å²) in [5, 5.41) is 0. The van der Waals surface area contributed by atoms with Crippen LogP contribution in [0.25, 0.3) is 22.8 Å². The van der Waals surface area contributed by atoms with E-state index in [1.807, 2.05) is 37.3 Å². The molecule has 16 heavy (non-hydrogen) atoms. The molecule has 0 fully saturated rings. The second kappa shape index (κ2) is 3.41. The highest BCUT2D eigenvalue weighted by molar-refractivity contribution is 5.70. The topological polar surface area (TPSA) is 51.8 Å². The summed E-state index contributed by atoms with van der Waals surface area (Å²) in [5.74, 6) is 0.511. The number of fused-ring (bicyclic) bond motifs is 1. The van der Waals surface area contributed by atoms with Crippen LogP contribution in [0.15, 0.2) is 40.9 Å². The Morgan fingerprint density at radius 3 is 2.81 bits per heavy atom. The number of pyridine rings is 2. The molecule has 3 aromatic rings. The summed E-state index contributed by atoms with van der Waals surface area (Å²) in [7, 11) is 0. The van der Waals surface area contributed by atoms with E-state index in [1.165, 1.54) is 0 Å². The number of hydrogen-bond donors (Lipinski definition) is 0. The normalized spacial score (nSPS) is 10.8. The molecule has 0 aliphatic carbocycles. The highest BCUT2D eigenvalue weighted by Crippen LogP contribution is 2.21. The minimum Gasteiger partial charge on any atom is -0.433 e. The van der Waals surface area contributed by atoms with Crippen LogP contribution >= 0.6 is 0 Å². The van der Waals surface area contributed by atoms with E-state index in [1.54, 1.807) is 6.20 Å². The molecule has 0 bridgehead atoms. The number of aryl methyl sites for hydroxylation is 1. The molecule has 3 heterocycles. The van der Waals surface area contributed by atoms with Gasteiger partial charge in [0.2, 0.25) is 5.89 Å². The number of nitrogens with zero attached hydrogens (tertiary/aromatic N) is 3. The second-order valence-corrected chi connectivity index (χ2v) is 3.51. The van der Waals surface area contributed by atoms with Crippen LogP contribution in [0.5, 0.6) is 0 Å². The van der Waals surface area contributed by atoms with Crippen molar-refractivity contribution in [3.05, 3.63) is 42.2 Å². The van der Waals surface area contributed by atoms with Crippen LogP contribution in [0.2, 0.25) is 0 Å². The van der Waals surface area contributed by atoms with Crippen LogP contribution < -0.4 is 0 Å². The van der Waals surface area contributed by atoms with Gasteiger partial charge in [0.25, 0.3) is 0 Å². The van der Waals surface area contributed by atoms with E-state index in [0.717, 1.165) is 11.4 Å². The maximum absolute atomic E-state index is 5.57. The van der Waals surface area contributed by atoms with E-state index in [-0.39, 0.29) is 0 Å². The summed E-state index contributed by atoms with van der Waals surface area (Å²) in [5.41, 5.74) is 2.97. The van der Waals surface area contributed by atoms with E-state index in [9.17, 15) is 0 Å². The lowest BCUT2D eigenvalue weighted by molar-refractivity contribution is 0.616. The molecule has 0 atom stereocenters. The van der Waals surface area contributed by atoms with Crippen LogP contribution in [0.3, 0.4) is 0 Å². The van der Waals surface area contributed by atoms with Gasteiger partial charge in [-0.2, -0.15) is 4.98 Å². The first-order chi connectivity index (χ1) is 7.83. The van der Waals surface area contributed by atoms with Gasteiger partial charge in [-0.15, -0.1) is 0 Å². The minimum absolute atomic E-state index is 0.511. The number of hydrogen-bond acceptors (Lipinski definition) is 4. The van der Waals surface area contributed by atoms with Crippen LogP contribution in [0.1, 0.15) is 5.69 Å². The highest BCUT2D eigenvalue weighted by Gasteiger charge is 2.09. The van der Waals surface area contributed by atoms with E-state index in [0.29, 0.717) is 17.1 Å². The van der Waals surface area contributed by atoms with Gasteiger partial charge >= 0.3 is 0 Å². The highest BCUT2D eigenvalue weighted by atomic mass is 16.3. The molecule has 0 aliphatic rings.